The summed E-state index contributed by atoms with van der Waals surface area (Å²) in [6.45, 7) is 9.25. The molecule has 8 rings (SSSR count). The first-order valence-electron chi connectivity index (χ1n) is 20.6. The van der Waals surface area contributed by atoms with E-state index in [9.17, 15) is 24.4 Å². The maximum Gasteiger partial charge on any atom is 0.262 e. The average molecular weight is 824 g/mol. The number of rotatable bonds is 9. The standard InChI is InChI=1S/C47H46ClN7O5/c1-47(2,34-23-32(27-49)24-35(48)25-34)33-4-7-38(8-5-33)60-29-36-13-18-50-42(51-36)11-3-30-14-19-53(20-15-30)28-31-16-21-54(22-17-31)37-6-9-39-40(26-37)46(59)55(45(39)58)41-10-12-43(56)52-44(41)57/h4-9,13,18,23-26,30-31,41H,10,12,14-17,19-22,28-29H2,1-2H3,(H,52,56,57). The summed E-state index contributed by atoms with van der Waals surface area (Å²) >= 11 is 6.29. The zero-order valence-corrected chi connectivity index (χ0v) is 34.5. The number of amides is 4. The van der Waals surface area contributed by atoms with Crippen LogP contribution in [-0.2, 0) is 21.6 Å². The molecule has 1 unspecified atom stereocenters. The summed E-state index contributed by atoms with van der Waals surface area (Å²) in [6.07, 6.45) is 6.01. The lowest BCUT2D eigenvalue weighted by Crippen LogP contribution is -2.54. The van der Waals surface area contributed by atoms with Gasteiger partial charge in [0.25, 0.3) is 11.8 Å². The van der Waals surface area contributed by atoms with Crippen LogP contribution >= 0.6 is 11.6 Å². The monoisotopic (exact) mass is 823 g/mol. The Hall–Kier alpha value is -6.08. The van der Waals surface area contributed by atoms with E-state index >= 15 is 0 Å². The van der Waals surface area contributed by atoms with E-state index in [0.717, 1.165) is 91.6 Å². The Balaban J connectivity index is 0.779. The molecule has 306 valence electrons. The van der Waals surface area contributed by atoms with Crippen molar-refractivity contribution in [2.45, 2.75) is 70.4 Å². The van der Waals surface area contributed by atoms with E-state index in [4.69, 9.17) is 16.3 Å². The molecule has 4 aliphatic heterocycles. The molecule has 0 bridgehead atoms. The Labute approximate surface area is 354 Å². The van der Waals surface area contributed by atoms with Gasteiger partial charge in [-0.1, -0.05) is 43.5 Å². The van der Waals surface area contributed by atoms with Crippen molar-refractivity contribution < 1.29 is 23.9 Å². The van der Waals surface area contributed by atoms with Crippen LogP contribution in [0.2, 0.25) is 5.02 Å². The van der Waals surface area contributed by atoms with Crippen molar-refractivity contribution in [3.8, 4) is 23.7 Å². The van der Waals surface area contributed by atoms with Gasteiger partial charge in [0.2, 0.25) is 17.6 Å². The van der Waals surface area contributed by atoms with Crippen LogP contribution in [0.5, 0.6) is 5.75 Å². The van der Waals surface area contributed by atoms with Crippen LogP contribution in [0.1, 0.15) is 101 Å². The maximum atomic E-state index is 13.3. The number of ether oxygens (including phenoxy) is 1. The van der Waals surface area contributed by atoms with Crippen molar-refractivity contribution >= 4 is 40.9 Å². The van der Waals surface area contributed by atoms with Gasteiger partial charge in [-0.25, -0.2) is 9.97 Å². The SMILES string of the molecule is CC(C)(c1ccc(OCc2ccnc(C#CC3CCN(CC4CCN(c5ccc6c(c5)C(=O)N(C5CCC(=O)NC5=O)C6=O)CC4)CC3)n2)cc1)c1cc(Cl)cc(C#N)c1. The third kappa shape index (κ3) is 8.77. The van der Waals surface area contributed by atoms with Crippen molar-refractivity contribution in [1.29, 1.82) is 5.26 Å². The molecule has 0 radical (unpaired) electrons. The van der Waals surface area contributed by atoms with Crippen molar-refractivity contribution in [3.63, 3.8) is 0 Å². The van der Waals surface area contributed by atoms with E-state index in [1.807, 2.05) is 48.5 Å². The van der Waals surface area contributed by atoms with E-state index in [1.54, 1.807) is 24.4 Å². The van der Waals surface area contributed by atoms with Gasteiger partial charge in [-0.3, -0.25) is 29.4 Å². The molecular formula is C47H46ClN7O5. The second-order valence-electron chi connectivity index (χ2n) is 16.6. The summed E-state index contributed by atoms with van der Waals surface area (Å²) in [5.74, 6) is 6.75. The predicted octanol–water partition coefficient (Wildman–Crippen LogP) is 6.29. The molecule has 0 aliphatic carbocycles. The van der Waals surface area contributed by atoms with Crippen LogP contribution in [0.3, 0.4) is 0 Å². The zero-order chi connectivity index (χ0) is 42.0. The number of piperidine rings is 3. The fourth-order valence-corrected chi connectivity index (χ4v) is 8.90. The Kier molecular flexibility index (Phi) is 11.7. The number of hydrogen-bond donors (Lipinski definition) is 1. The summed E-state index contributed by atoms with van der Waals surface area (Å²) in [7, 11) is 0. The summed E-state index contributed by atoms with van der Waals surface area (Å²) in [4.78, 5) is 65.4. The van der Waals surface area contributed by atoms with Gasteiger partial charge in [0.1, 0.15) is 18.4 Å². The highest BCUT2D eigenvalue weighted by Crippen LogP contribution is 2.35. The normalized spacial score (nSPS) is 19.1. The summed E-state index contributed by atoms with van der Waals surface area (Å²) in [6, 6.07) is 21.8. The Bertz CT molecular complexity index is 2440. The van der Waals surface area contributed by atoms with Crippen molar-refractivity contribution in [2.24, 2.45) is 11.8 Å². The van der Waals surface area contributed by atoms with Crippen LogP contribution in [0.15, 0.2) is 72.9 Å². The fraction of sp³-hybridized carbons (Fsp3) is 0.383. The lowest BCUT2D eigenvalue weighted by molar-refractivity contribution is -0.136. The van der Waals surface area contributed by atoms with Crippen molar-refractivity contribution in [3.05, 3.63) is 117 Å². The summed E-state index contributed by atoms with van der Waals surface area (Å²) in [5, 5.41) is 12.2. The van der Waals surface area contributed by atoms with Gasteiger partial charge in [0.15, 0.2) is 0 Å². The molecule has 0 spiro atoms. The minimum atomic E-state index is -0.968. The van der Waals surface area contributed by atoms with Crippen LogP contribution in [0.25, 0.3) is 0 Å². The molecule has 0 saturated carbocycles. The highest BCUT2D eigenvalue weighted by Gasteiger charge is 2.45. The lowest BCUT2D eigenvalue weighted by Gasteiger charge is -2.38. The van der Waals surface area contributed by atoms with Crippen LogP contribution in [-0.4, -0.2) is 82.2 Å². The van der Waals surface area contributed by atoms with E-state index in [-0.39, 0.29) is 36.7 Å². The number of likely N-dealkylation sites (tertiary alicyclic amines) is 1. The third-order valence-electron chi connectivity index (χ3n) is 12.3. The number of hydrogen-bond acceptors (Lipinski definition) is 10. The van der Waals surface area contributed by atoms with E-state index in [0.29, 0.717) is 33.5 Å². The highest BCUT2D eigenvalue weighted by atomic mass is 35.5. The molecule has 5 heterocycles. The fourth-order valence-electron chi connectivity index (χ4n) is 8.66. The van der Waals surface area contributed by atoms with Crippen LogP contribution in [0, 0.1) is 35.0 Å². The second kappa shape index (κ2) is 17.3. The third-order valence-corrected chi connectivity index (χ3v) is 12.5. The smallest absolute Gasteiger partial charge is 0.262 e. The molecule has 4 amide bonds. The van der Waals surface area contributed by atoms with Gasteiger partial charge < -0.3 is 14.5 Å². The minimum absolute atomic E-state index is 0.0948. The number of fused-ring (bicyclic) bond motifs is 1. The molecule has 60 heavy (non-hydrogen) atoms. The van der Waals surface area contributed by atoms with Gasteiger partial charge in [0.05, 0.1) is 28.5 Å². The number of halogens is 1. The molecule has 1 aromatic heterocycles. The molecule has 1 N–H and O–H groups in total. The first kappa shape index (κ1) is 40.7. The number of carbonyl (C=O) groups excluding carboxylic acids is 4. The summed E-state index contributed by atoms with van der Waals surface area (Å²) in [5.41, 5.74) is 4.48. The summed E-state index contributed by atoms with van der Waals surface area (Å²) < 4.78 is 6.07. The number of nitrogens with zero attached hydrogens (tertiary/aromatic N) is 6. The molecule has 1 atom stereocenters. The predicted molar refractivity (Wildman–Crippen MR) is 225 cm³/mol. The van der Waals surface area contributed by atoms with E-state index in [2.05, 4.69) is 56.8 Å². The first-order valence-corrected chi connectivity index (χ1v) is 20.9. The van der Waals surface area contributed by atoms with Gasteiger partial charge in [-0.15, -0.1) is 0 Å². The molecule has 3 saturated heterocycles. The van der Waals surface area contributed by atoms with E-state index < -0.39 is 23.8 Å². The van der Waals surface area contributed by atoms with Crippen LogP contribution < -0.4 is 15.0 Å². The number of nitriles is 1. The highest BCUT2D eigenvalue weighted by molar-refractivity contribution is 6.30. The Morgan fingerprint density at radius 2 is 1.62 bits per heavy atom. The number of carbonyl (C=O) groups is 4. The lowest BCUT2D eigenvalue weighted by atomic mass is 9.78. The topological polar surface area (TPSA) is 149 Å². The second-order valence-corrected chi connectivity index (χ2v) is 17.0. The average Bonchev–Trinajstić information content (AvgIpc) is 3.50. The number of benzene rings is 3. The zero-order valence-electron chi connectivity index (χ0n) is 33.7. The maximum absolute atomic E-state index is 13.3. The minimum Gasteiger partial charge on any atom is -0.487 e. The molecular weight excluding hydrogens is 778 g/mol. The molecule has 12 nitrogen and oxygen atoms in total. The van der Waals surface area contributed by atoms with Crippen molar-refractivity contribution in [2.75, 3.05) is 37.6 Å². The van der Waals surface area contributed by atoms with Gasteiger partial charge >= 0.3 is 0 Å². The molecule has 13 heteroatoms. The molecule has 3 fully saturated rings. The largest absolute Gasteiger partial charge is 0.487 e. The molecule has 4 aromatic rings. The Morgan fingerprint density at radius 1 is 0.867 bits per heavy atom. The quantitative estimate of drug-likeness (QED) is 0.151. The van der Waals surface area contributed by atoms with Gasteiger partial charge in [0, 0.05) is 54.3 Å². The molecule has 4 aliphatic rings. The first-order chi connectivity index (χ1) is 28.9. The number of nitrogens with one attached hydrogen (secondary N) is 1. The number of aromatic nitrogens is 2. The number of imide groups is 2. The van der Waals surface area contributed by atoms with Gasteiger partial charge in [-0.2, -0.15) is 5.26 Å². The molecule has 3 aromatic carbocycles. The van der Waals surface area contributed by atoms with Crippen LogP contribution in [0.4, 0.5) is 5.69 Å². The Morgan fingerprint density at radius 3 is 2.35 bits per heavy atom. The van der Waals surface area contributed by atoms with E-state index in [1.165, 1.54) is 0 Å². The number of anilines is 1. The van der Waals surface area contributed by atoms with Gasteiger partial charge in [-0.05, 0) is 123 Å². The van der Waals surface area contributed by atoms with Crippen molar-refractivity contribution in [1.82, 2.24) is 25.1 Å².